The Morgan fingerprint density at radius 3 is 2.81 bits per heavy atom. The molecule has 0 radical (unpaired) electrons. The lowest BCUT2D eigenvalue weighted by Gasteiger charge is -2.45. The molecule has 1 aliphatic heterocycles. The van der Waals surface area contributed by atoms with E-state index in [1.54, 1.807) is 0 Å². The van der Waals surface area contributed by atoms with Gasteiger partial charge >= 0.3 is 0 Å². The van der Waals surface area contributed by atoms with E-state index in [1.165, 1.54) is 0 Å². The molecule has 1 heterocycles. The van der Waals surface area contributed by atoms with Crippen LogP contribution in [0, 0.1) is 0 Å². The fraction of sp³-hybridized carbons (Fsp3) is 0.562. The first-order valence-corrected chi connectivity index (χ1v) is 7.43. The molecule has 0 atom stereocenters. The molecule has 1 amide bonds. The van der Waals surface area contributed by atoms with E-state index in [-0.39, 0.29) is 11.4 Å². The third-order valence-corrected chi connectivity index (χ3v) is 4.21. The number of carbonyl (C=O) groups excluding carboxylic acids is 1. The summed E-state index contributed by atoms with van der Waals surface area (Å²) >= 11 is 0. The first-order valence-electron chi connectivity index (χ1n) is 7.43. The molecule has 0 aliphatic carbocycles. The predicted molar refractivity (Wildman–Crippen MR) is 86.1 cm³/mol. The smallest absolute Gasteiger partial charge is 0.238 e. The summed E-state index contributed by atoms with van der Waals surface area (Å²) in [6.45, 7) is 8.16. The SMILES string of the molecule is CN1CCN(CC(=O)Nc2cccc(CN)c2)CC1(C)C. The number of piperazine rings is 1. The molecule has 0 unspecified atom stereocenters. The van der Waals surface area contributed by atoms with Gasteiger partial charge < -0.3 is 11.1 Å². The molecule has 2 rings (SSSR count). The van der Waals surface area contributed by atoms with Crippen molar-refractivity contribution in [2.45, 2.75) is 25.9 Å². The number of anilines is 1. The van der Waals surface area contributed by atoms with Crippen molar-refractivity contribution in [3.05, 3.63) is 29.8 Å². The van der Waals surface area contributed by atoms with Gasteiger partial charge in [-0.25, -0.2) is 0 Å². The van der Waals surface area contributed by atoms with Crippen LogP contribution in [0.15, 0.2) is 24.3 Å². The Kier molecular flexibility index (Phi) is 4.98. The Bertz CT molecular complexity index is 501. The molecule has 1 saturated heterocycles. The van der Waals surface area contributed by atoms with Crippen molar-refractivity contribution in [2.24, 2.45) is 5.73 Å². The Morgan fingerprint density at radius 1 is 1.38 bits per heavy atom. The molecule has 0 spiro atoms. The highest BCUT2D eigenvalue weighted by Gasteiger charge is 2.31. The van der Waals surface area contributed by atoms with Crippen LogP contribution in [0.5, 0.6) is 0 Å². The zero-order valence-electron chi connectivity index (χ0n) is 13.2. The van der Waals surface area contributed by atoms with Crippen LogP contribution in [0.25, 0.3) is 0 Å². The van der Waals surface area contributed by atoms with Crippen molar-refractivity contribution >= 4 is 11.6 Å². The number of hydrogen-bond donors (Lipinski definition) is 2. The van der Waals surface area contributed by atoms with Gasteiger partial charge in [0.25, 0.3) is 0 Å². The second kappa shape index (κ2) is 6.56. The van der Waals surface area contributed by atoms with Crippen LogP contribution >= 0.6 is 0 Å². The molecule has 3 N–H and O–H groups in total. The monoisotopic (exact) mass is 290 g/mol. The lowest BCUT2D eigenvalue weighted by atomic mass is 10.00. The zero-order valence-corrected chi connectivity index (χ0v) is 13.2. The van der Waals surface area contributed by atoms with E-state index >= 15 is 0 Å². The van der Waals surface area contributed by atoms with Gasteiger partial charge in [-0.05, 0) is 38.6 Å². The van der Waals surface area contributed by atoms with Crippen LogP contribution < -0.4 is 11.1 Å². The number of hydrogen-bond acceptors (Lipinski definition) is 4. The first-order chi connectivity index (χ1) is 9.90. The third kappa shape index (κ3) is 4.27. The molecular formula is C16H26N4O. The third-order valence-electron chi connectivity index (χ3n) is 4.21. The van der Waals surface area contributed by atoms with E-state index < -0.39 is 0 Å². The van der Waals surface area contributed by atoms with Gasteiger partial charge in [0.15, 0.2) is 0 Å². The van der Waals surface area contributed by atoms with E-state index in [1.807, 2.05) is 24.3 Å². The topological polar surface area (TPSA) is 61.6 Å². The van der Waals surface area contributed by atoms with Gasteiger partial charge in [0.2, 0.25) is 5.91 Å². The van der Waals surface area contributed by atoms with E-state index in [0.29, 0.717) is 13.1 Å². The summed E-state index contributed by atoms with van der Waals surface area (Å²) in [5, 5.41) is 2.95. The maximum Gasteiger partial charge on any atom is 0.238 e. The fourth-order valence-corrected chi connectivity index (χ4v) is 2.66. The Morgan fingerprint density at radius 2 is 2.14 bits per heavy atom. The number of nitrogens with one attached hydrogen (secondary N) is 1. The number of rotatable bonds is 4. The minimum Gasteiger partial charge on any atom is -0.326 e. The zero-order chi connectivity index (χ0) is 15.5. The summed E-state index contributed by atoms with van der Waals surface area (Å²) in [7, 11) is 2.13. The summed E-state index contributed by atoms with van der Waals surface area (Å²) in [6.07, 6.45) is 0. The van der Waals surface area contributed by atoms with Crippen LogP contribution in [0.4, 0.5) is 5.69 Å². The van der Waals surface area contributed by atoms with Crippen molar-refractivity contribution in [3.8, 4) is 0 Å². The number of benzene rings is 1. The number of amides is 1. The lowest BCUT2D eigenvalue weighted by molar-refractivity contribution is -0.118. The van der Waals surface area contributed by atoms with Crippen molar-refractivity contribution in [3.63, 3.8) is 0 Å². The van der Waals surface area contributed by atoms with E-state index in [4.69, 9.17) is 5.73 Å². The molecule has 0 saturated carbocycles. The molecule has 0 aromatic heterocycles. The number of nitrogens with zero attached hydrogens (tertiary/aromatic N) is 2. The molecule has 1 aliphatic rings. The minimum atomic E-state index is 0.0320. The highest BCUT2D eigenvalue weighted by Crippen LogP contribution is 2.18. The minimum absolute atomic E-state index is 0.0320. The molecule has 116 valence electrons. The largest absolute Gasteiger partial charge is 0.326 e. The van der Waals surface area contributed by atoms with E-state index in [0.717, 1.165) is 30.9 Å². The molecular weight excluding hydrogens is 264 g/mol. The molecule has 1 aromatic rings. The number of likely N-dealkylation sites (N-methyl/N-ethyl adjacent to an activating group) is 1. The van der Waals surface area contributed by atoms with Crippen LogP contribution in [0.3, 0.4) is 0 Å². The summed E-state index contributed by atoms with van der Waals surface area (Å²) < 4.78 is 0. The van der Waals surface area contributed by atoms with Crippen LogP contribution in [0.2, 0.25) is 0 Å². The Balaban J connectivity index is 1.90. The molecule has 1 aromatic carbocycles. The van der Waals surface area contributed by atoms with Crippen molar-refractivity contribution < 1.29 is 4.79 Å². The van der Waals surface area contributed by atoms with E-state index in [2.05, 4.69) is 36.0 Å². The number of carbonyl (C=O) groups is 1. The van der Waals surface area contributed by atoms with Crippen LogP contribution in [0.1, 0.15) is 19.4 Å². The summed E-state index contributed by atoms with van der Waals surface area (Å²) in [4.78, 5) is 16.7. The quantitative estimate of drug-likeness (QED) is 0.872. The standard InChI is InChI=1S/C16H26N4O/c1-16(2)12-20(8-7-19(16)3)11-15(21)18-14-6-4-5-13(9-14)10-17/h4-6,9H,7-8,10-12,17H2,1-3H3,(H,18,21). The maximum absolute atomic E-state index is 12.2. The second-order valence-electron chi connectivity index (χ2n) is 6.40. The molecule has 5 heteroatoms. The Labute approximate surface area is 127 Å². The normalized spacial score (nSPS) is 19.4. The highest BCUT2D eigenvalue weighted by atomic mass is 16.2. The second-order valence-corrected chi connectivity index (χ2v) is 6.40. The van der Waals surface area contributed by atoms with Gasteiger partial charge in [-0.2, -0.15) is 0 Å². The summed E-state index contributed by atoms with van der Waals surface area (Å²) in [5.41, 5.74) is 7.56. The average molecular weight is 290 g/mol. The fourth-order valence-electron chi connectivity index (χ4n) is 2.66. The first kappa shape index (κ1) is 15.9. The van der Waals surface area contributed by atoms with Gasteiger partial charge in [0, 0.05) is 37.4 Å². The van der Waals surface area contributed by atoms with Crippen LogP contribution in [-0.4, -0.2) is 54.5 Å². The van der Waals surface area contributed by atoms with Crippen molar-refractivity contribution in [1.29, 1.82) is 0 Å². The summed E-state index contributed by atoms with van der Waals surface area (Å²) in [5.74, 6) is 0.0320. The highest BCUT2D eigenvalue weighted by molar-refractivity contribution is 5.92. The van der Waals surface area contributed by atoms with Gasteiger partial charge in [0.1, 0.15) is 0 Å². The van der Waals surface area contributed by atoms with Crippen LogP contribution in [-0.2, 0) is 11.3 Å². The molecule has 21 heavy (non-hydrogen) atoms. The van der Waals surface area contributed by atoms with Gasteiger partial charge in [-0.1, -0.05) is 12.1 Å². The summed E-state index contributed by atoms with van der Waals surface area (Å²) in [6, 6.07) is 7.69. The predicted octanol–water partition coefficient (Wildman–Crippen LogP) is 1.11. The van der Waals surface area contributed by atoms with Gasteiger partial charge in [-0.15, -0.1) is 0 Å². The molecule has 1 fully saturated rings. The Hall–Kier alpha value is -1.43. The molecule has 5 nitrogen and oxygen atoms in total. The maximum atomic E-state index is 12.2. The molecule has 0 bridgehead atoms. The van der Waals surface area contributed by atoms with Crippen molar-refractivity contribution in [2.75, 3.05) is 38.5 Å². The van der Waals surface area contributed by atoms with Gasteiger partial charge in [-0.3, -0.25) is 14.6 Å². The van der Waals surface area contributed by atoms with Gasteiger partial charge in [0.05, 0.1) is 6.54 Å². The van der Waals surface area contributed by atoms with E-state index in [9.17, 15) is 4.79 Å². The van der Waals surface area contributed by atoms with Crippen molar-refractivity contribution in [1.82, 2.24) is 9.80 Å². The lowest BCUT2D eigenvalue weighted by Crippen LogP contribution is -2.58. The average Bonchev–Trinajstić information content (AvgIpc) is 2.42. The number of nitrogens with two attached hydrogens (primary N) is 1.